The summed E-state index contributed by atoms with van der Waals surface area (Å²) in [5.74, 6) is 4.65. The van der Waals surface area contributed by atoms with Gasteiger partial charge in [-0.15, -0.1) is 0 Å². The smallest absolute Gasteiger partial charge is 0.122 e. The van der Waals surface area contributed by atoms with Crippen LogP contribution in [0.3, 0.4) is 0 Å². The fourth-order valence-electron chi connectivity index (χ4n) is 2.65. The molecule has 2 heterocycles. The normalized spacial score (nSPS) is 32.4. The van der Waals surface area contributed by atoms with Crippen molar-refractivity contribution in [2.24, 2.45) is 11.7 Å². The number of hydrogen-bond donors (Lipinski definition) is 1. The van der Waals surface area contributed by atoms with E-state index in [4.69, 9.17) is 10.5 Å². The average molecular weight is 235 g/mol. The highest BCUT2D eigenvalue weighted by atomic mass is 32.2. The van der Waals surface area contributed by atoms with Crippen LogP contribution in [0.15, 0.2) is 24.3 Å². The molecule has 0 aliphatic carbocycles. The standard InChI is InChI=1S/C13H17NOS/c14-12-8-16-7-10(12)5-9-6-15-13-4-2-1-3-11(9)13/h1-4,9-10,12H,5-8,14H2. The zero-order chi connectivity index (χ0) is 11.0. The number of ether oxygens (including phenoxy) is 1. The van der Waals surface area contributed by atoms with E-state index < -0.39 is 0 Å². The van der Waals surface area contributed by atoms with Gasteiger partial charge in [0.1, 0.15) is 5.75 Å². The van der Waals surface area contributed by atoms with Gasteiger partial charge < -0.3 is 10.5 Å². The van der Waals surface area contributed by atoms with Crippen LogP contribution in [0, 0.1) is 5.92 Å². The van der Waals surface area contributed by atoms with Gasteiger partial charge in [-0.2, -0.15) is 11.8 Å². The Hall–Kier alpha value is -0.670. The highest BCUT2D eigenvalue weighted by Gasteiger charge is 2.31. The zero-order valence-electron chi connectivity index (χ0n) is 9.26. The third kappa shape index (κ3) is 1.82. The largest absolute Gasteiger partial charge is 0.493 e. The maximum Gasteiger partial charge on any atom is 0.122 e. The van der Waals surface area contributed by atoms with Crippen LogP contribution in [0.25, 0.3) is 0 Å². The van der Waals surface area contributed by atoms with Gasteiger partial charge in [0, 0.05) is 23.3 Å². The van der Waals surface area contributed by atoms with Crippen LogP contribution >= 0.6 is 11.8 Å². The Bertz CT molecular complexity index is 382. The second-order valence-corrected chi connectivity index (χ2v) is 5.82. The average Bonchev–Trinajstić information content (AvgIpc) is 2.88. The molecule has 0 aromatic heterocycles. The minimum absolute atomic E-state index is 0.387. The number of hydrogen-bond acceptors (Lipinski definition) is 3. The van der Waals surface area contributed by atoms with Crippen molar-refractivity contribution >= 4 is 11.8 Å². The molecule has 3 rings (SSSR count). The third-order valence-electron chi connectivity index (χ3n) is 3.63. The molecule has 2 nitrogen and oxygen atoms in total. The molecule has 3 unspecified atom stereocenters. The van der Waals surface area contributed by atoms with E-state index in [0.717, 1.165) is 18.1 Å². The van der Waals surface area contributed by atoms with Crippen molar-refractivity contribution < 1.29 is 4.74 Å². The van der Waals surface area contributed by atoms with Gasteiger partial charge in [-0.3, -0.25) is 0 Å². The van der Waals surface area contributed by atoms with Crippen molar-refractivity contribution in [2.75, 3.05) is 18.1 Å². The second kappa shape index (κ2) is 4.30. The third-order valence-corrected chi connectivity index (χ3v) is 4.92. The molecule has 2 N–H and O–H groups in total. The molecule has 16 heavy (non-hydrogen) atoms. The summed E-state index contributed by atoms with van der Waals surface area (Å²) in [4.78, 5) is 0. The Morgan fingerprint density at radius 3 is 3.00 bits per heavy atom. The fraction of sp³-hybridized carbons (Fsp3) is 0.538. The molecular formula is C13H17NOS. The van der Waals surface area contributed by atoms with Gasteiger partial charge in [-0.1, -0.05) is 18.2 Å². The first-order chi connectivity index (χ1) is 7.84. The first kappa shape index (κ1) is 10.5. The molecule has 1 aromatic rings. The van der Waals surface area contributed by atoms with Gasteiger partial charge in [-0.25, -0.2) is 0 Å². The molecule has 1 fully saturated rings. The molecule has 1 saturated heterocycles. The van der Waals surface area contributed by atoms with Crippen molar-refractivity contribution in [1.29, 1.82) is 0 Å². The minimum atomic E-state index is 0.387. The predicted molar refractivity (Wildman–Crippen MR) is 68.1 cm³/mol. The van der Waals surface area contributed by atoms with Gasteiger partial charge in [0.05, 0.1) is 6.61 Å². The van der Waals surface area contributed by atoms with Gasteiger partial charge in [0.2, 0.25) is 0 Å². The summed E-state index contributed by atoms with van der Waals surface area (Å²) in [6, 6.07) is 8.79. The molecule has 86 valence electrons. The van der Waals surface area contributed by atoms with Crippen LogP contribution in [0.1, 0.15) is 17.9 Å². The molecule has 0 amide bonds. The Morgan fingerprint density at radius 2 is 2.19 bits per heavy atom. The molecule has 2 aliphatic rings. The summed E-state index contributed by atoms with van der Waals surface area (Å²) in [7, 11) is 0. The van der Waals surface area contributed by atoms with Crippen molar-refractivity contribution in [2.45, 2.75) is 18.4 Å². The minimum Gasteiger partial charge on any atom is -0.493 e. The number of para-hydroxylation sites is 1. The number of nitrogens with two attached hydrogens (primary N) is 1. The van der Waals surface area contributed by atoms with Gasteiger partial charge in [0.15, 0.2) is 0 Å². The number of benzene rings is 1. The highest BCUT2D eigenvalue weighted by molar-refractivity contribution is 7.99. The fourth-order valence-corrected chi connectivity index (χ4v) is 4.01. The van der Waals surface area contributed by atoms with Gasteiger partial charge in [-0.05, 0) is 24.2 Å². The number of fused-ring (bicyclic) bond motifs is 1. The molecule has 0 bridgehead atoms. The highest BCUT2D eigenvalue weighted by Crippen LogP contribution is 2.39. The Morgan fingerprint density at radius 1 is 1.31 bits per heavy atom. The molecule has 3 atom stereocenters. The Labute approximate surface area is 101 Å². The van der Waals surface area contributed by atoms with Crippen LogP contribution < -0.4 is 10.5 Å². The van der Waals surface area contributed by atoms with Gasteiger partial charge in [0.25, 0.3) is 0 Å². The number of thioether (sulfide) groups is 1. The van der Waals surface area contributed by atoms with Crippen LogP contribution in [-0.2, 0) is 0 Å². The van der Waals surface area contributed by atoms with E-state index in [1.807, 2.05) is 17.8 Å². The van der Waals surface area contributed by atoms with E-state index in [2.05, 4.69) is 18.2 Å². The topological polar surface area (TPSA) is 35.2 Å². The van der Waals surface area contributed by atoms with Crippen molar-refractivity contribution in [3.05, 3.63) is 29.8 Å². The SMILES string of the molecule is NC1CSCC1CC1COc2ccccc21. The molecule has 0 radical (unpaired) electrons. The lowest BCUT2D eigenvalue weighted by atomic mass is 9.88. The summed E-state index contributed by atoms with van der Waals surface area (Å²) < 4.78 is 5.71. The molecular weight excluding hydrogens is 218 g/mol. The van der Waals surface area contributed by atoms with Crippen molar-refractivity contribution in [1.82, 2.24) is 0 Å². The predicted octanol–water partition coefficient (Wildman–Crippen LogP) is 2.24. The van der Waals surface area contributed by atoms with E-state index in [9.17, 15) is 0 Å². The first-order valence-electron chi connectivity index (χ1n) is 5.89. The summed E-state index contributed by atoms with van der Waals surface area (Å²) in [6.07, 6.45) is 1.19. The first-order valence-corrected chi connectivity index (χ1v) is 7.05. The summed E-state index contributed by atoms with van der Waals surface area (Å²) in [6.45, 7) is 0.841. The maximum atomic E-state index is 6.12. The molecule has 0 spiro atoms. The number of rotatable bonds is 2. The molecule has 1 aromatic carbocycles. The lowest BCUT2D eigenvalue weighted by Gasteiger charge is -2.18. The maximum absolute atomic E-state index is 6.12. The van der Waals surface area contributed by atoms with Crippen LogP contribution in [0.4, 0.5) is 0 Å². The quantitative estimate of drug-likeness (QED) is 0.854. The molecule has 2 aliphatic heterocycles. The van der Waals surface area contributed by atoms with Crippen molar-refractivity contribution in [3.63, 3.8) is 0 Å². The lowest BCUT2D eigenvalue weighted by Crippen LogP contribution is -2.29. The lowest BCUT2D eigenvalue weighted by molar-refractivity contribution is 0.306. The van der Waals surface area contributed by atoms with E-state index in [1.165, 1.54) is 17.7 Å². The second-order valence-electron chi connectivity index (χ2n) is 4.74. The van der Waals surface area contributed by atoms with E-state index >= 15 is 0 Å². The van der Waals surface area contributed by atoms with E-state index in [0.29, 0.717) is 17.9 Å². The van der Waals surface area contributed by atoms with Crippen LogP contribution in [0.2, 0.25) is 0 Å². The summed E-state index contributed by atoms with van der Waals surface area (Å²) >= 11 is 1.99. The zero-order valence-corrected chi connectivity index (χ0v) is 10.1. The van der Waals surface area contributed by atoms with Crippen molar-refractivity contribution in [3.8, 4) is 5.75 Å². The summed E-state index contributed by atoms with van der Waals surface area (Å²) in [5.41, 5.74) is 7.50. The summed E-state index contributed by atoms with van der Waals surface area (Å²) in [5, 5.41) is 0. The monoisotopic (exact) mass is 235 g/mol. The van der Waals surface area contributed by atoms with Crippen LogP contribution in [0.5, 0.6) is 5.75 Å². The Balaban J connectivity index is 1.73. The Kier molecular flexibility index (Phi) is 2.82. The van der Waals surface area contributed by atoms with E-state index in [1.54, 1.807) is 0 Å². The van der Waals surface area contributed by atoms with Crippen LogP contribution in [-0.4, -0.2) is 24.2 Å². The van der Waals surface area contributed by atoms with Gasteiger partial charge >= 0.3 is 0 Å². The molecule has 0 saturated carbocycles. The molecule has 3 heteroatoms. The van der Waals surface area contributed by atoms with E-state index in [-0.39, 0.29) is 0 Å².